The van der Waals surface area contributed by atoms with Gasteiger partial charge in [-0.3, -0.25) is 0 Å². The molecule has 2 aliphatic rings. The van der Waals surface area contributed by atoms with E-state index in [0.717, 1.165) is 19.3 Å². The van der Waals surface area contributed by atoms with Crippen LogP contribution < -0.4 is 22.9 Å². The molecule has 0 aliphatic heterocycles. The summed E-state index contributed by atoms with van der Waals surface area (Å²) in [6.45, 7) is 0. The smallest absolute Gasteiger partial charge is 0.0636 e. The Balaban J connectivity index is 0.000000160. The van der Waals surface area contributed by atoms with Crippen molar-refractivity contribution in [3.8, 4) is 0 Å². The molecule has 16 heavy (non-hydrogen) atoms. The highest BCUT2D eigenvalue weighted by Crippen LogP contribution is 2.20. The summed E-state index contributed by atoms with van der Waals surface area (Å²) in [5.74, 6) is 0. The molecule has 0 aromatic heterocycles. The van der Waals surface area contributed by atoms with Gasteiger partial charge in [0.15, 0.2) is 0 Å². The molecule has 4 nitrogen and oxygen atoms in total. The van der Waals surface area contributed by atoms with Crippen molar-refractivity contribution in [1.29, 1.82) is 0 Å². The van der Waals surface area contributed by atoms with Gasteiger partial charge in [0, 0.05) is 12.1 Å². The third kappa shape index (κ3) is 5.80. The standard InChI is InChI=1S/2C6H14N2/c7-5-2-1-3-6(8)4-5;7-6(8)4-2-1-3-5-6/h5-6H,1-4,7-8H2;1-5,7-8H2. The first-order valence-corrected chi connectivity index (χ1v) is 6.58. The summed E-state index contributed by atoms with van der Waals surface area (Å²) in [4.78, 5) is 0. The third-order valence-corrected chi connectivity index (χ3v) is 3.54. The second kappa shape index (κ2) is 6.55. The highest BCUT2D eigenvalue weighted by Gasteiger charge is 2.21. The molecular weight excluding hydrogens is 200 g/mol. The first-order chi connectivity index (χ1) is 7.49. The van der Waals surface area contributed by atoms with Gasteiger partial charge in [-0.25, -0.2) is 0 Å². The van der Waals surface area contributed by atoms with Gasteiger partial charge in [0.1, 0.15) is 0 Å². The van der Waals surface area contributed by atoms with Gasteiger partial charge in [0.2, 0.25) is 0 Å². The van der Waals surface area contributed by atoms with E-state index in [9.17, 15) is 0 Å². The zero-order chi connectivity index (χ0) is 12.0. The molecule has 96 valence electrons. The summed E-state index contributed by atoms with van der Waals surface area (Å²) < 4.78 is 0. The summed E-state index contributed by atoms with van der Waals surface area (Å²) in [6, 6.07) is 0.775. The molecule has 2 unspecified atom stereocenters. The molecule has 2 aliphatic carbocycles. The maximum absolute atomic E-state index is 5.66. The van der Waals surface area contributed by atoms with Crippen molar-refractivity contribution in [3.05, 3.63) is 0 Å². The van der Waals surface area contributed by atoms with Crippen molar-refractivity contribution >= 4 is 0 Å². The highest BCUT2D eigenvalue weighted by molar-refractivity contribution is 4.79. The topological polar surface area (TPSA) is 104 Å². The summed E-state index contributed by atoms with van der Waals surface area (Å²) in [7, 11) is 0. The van der Waals surface area contributed by atoms with Crippen molar-refractivity contribution in [2.45, 2.75) is 75.5 Å². The molecule has 0 aromatic rings. The molecule has 2 rings (SSSR count). The first kappa shape index (κ1) is 13.9. The Bertz CT molecular complexity index is 177. The zero-order valence-electron chi connectivity index (χ0n) is 10.3. The minimum atomic E-state index is -0.321. The molecule has 0 heterocycles. The number of nitrogens with two attached hydrogens (primary N) is 4. The maximum Gasteiger partial charge on any atom is 0.0636 e. The molecule has 0 radical (unpaired) electrons. The zero-order valence-corrected chi connectivity index (χ0v) is 10.3. The molecule has 2 saturated carbocycles. The SMILES string of the molecule is NC1(N)CCCCC1.NC1CCCC(N)C1. The van der Waals surface area contributed by atoms with Gasteiger partial charge in [-0.2, -0.15) is 0 Å². The van der Waals surface area contributed by atoms with Crippen LogP contribution in [0.1, 0.15) is 57.8 Å². The summed E-state index contributed by atoms with van der Waals surface area (Å²) >= 11 is 0. The van der Waals surface area contributed by atoms with Crippen LogP contribution in [0.2, 0.25) is 0 Å². The van der Waals surface area contributed by atoms with E-state index in [1.54, 1.807) is 0 Å². The van der Waals surface area contributed by atoms with Gasteiger partial charge in [-0.05, 0) is 32.1 Å². The maximum atomic E-state index is 5.66. The van der Waals surface area contributed by atoms with E-state index < -0.39 is 0 Å². The Labute approximate surface area is 99.1 Å². The van der Waals surface area contributed by atoms with Crippen LogP contribution in [0.4, 0.5) is 0 Å². The second-order valence-corrected chi connectivity index (χ2v) is 5.48. The van der Waals surface area contributed by atoms with E-state index in [-0.39, 0.29) is 5.66 Å². The van der Waals surface area contributed by atoms with Crippen molar-refractivity contribution in [1.82, 2.24) is 0 Å². The van der Waals surface area contributed by atoms with E-state index in [0.29, 0.717) is 12.1 Å². The van der Waals surface area contributed by atoms with Crippen molar-refractivity contribution in [2.24, 2.45) is 22.9 Å². The largest absolute Gasteiger partial charge is 0.328 e. The third-order valence-electron chi connectivity index (χ3n) is 3.54. The molecule has 0 bridgehead atoms. The predicted molar refractivity (Wildman–Crippen MR) is 68.6 cm³/mol. The fourth-order valence-electron chi connectivity index (χ4n) is 2.48. The average Bonchev–Trinajstić information content (AvgIpc) is 2.17. The van der Waals surface area contributed by atoms with Gasteiger partial charge in [-0.1, -0.05) is 25.7 Å². The fourth-order valence-corrected chi connectivity index (χ4v) is 2.48. The van der Waals surface area contributed by atoms with Crippen LogP contribution in [0.3, 0.4) is 0 Å². The van der Waals surface area contributed by atoms with Gasteiger partial charge in [0.25, 0.3) is 0 Å². The van der Waals surface area contributed by atoms with Gasteiger partial charge in [0.05, 0.1) is 5.66 Å². The summed E-state index contributed by atoms with van der Waals surface area (Å²) in [6.07, 6.45) is 10.4. The fraction of sp³-hybridized carbons (Fsp3) is 1.00. The monoisotopic (exact) mass is 228 g/mol. The highest BCUT2D eigenvalue weighted by atomic mass is 14.9. The van der Waals surface area contributed by atoms with E-state index in [1.807, 2.05) is 0 Å². The van der Waals surface area contributed by atoms with E-state index in [4.69, 9.17) is 22.9 Å². The Morgan fingerprint density at radius 1 is 0.750 bits per heavy atom. The van der Waals surface area contributed by atoms with E-state index in [1.165, 1.54) is 38.5 Å². The molecule has 2 fully saturated rings. The predicted octanol–water partition coefficient (Wildman–Crippen LogP) is 0.779. The lowest BCUT2D eigenvalue weighted by Gasteiger charge is -2.28. The van der Waals surface area contributed by atoms with Crippen LogP contribution in [0.15, 0.2) is 0 Å². The van der Waals surface area contributed by atoms with Crippen molar-refractivity contribution in [3.63, 3.8) is 0 Å². The number of hydrogen-bond donors (Lipinski definition) is 4. The molecule has 4 heteroatoms. The molecule has 8 N–H and O–H groups in total. The Hall–Kier alpha value is -0.160. The van der Waals surface area contributed by atoms with Crippen molar-refractivity contribution < 1.29 is 0 Å². The quantitative estimate of drug-likeness (QED) is 0.460. The number of hydrogen-bond acceptors (Lipinski definition) is 4. The van der Waals surface area contributed by atoms with Crippen LogP contribution in [0.25, 0.3) is 0 Å². The first-order valence-electron chi connectivity index (χ1n) is 6.58. The lowest BCUT2D eigenvalue weighted by Crippen LogP contribution is -2.50. The molecule has 0 saturated heterocycles. The van der Waals surface area contributed by atoms with Gasteiger partial charge in [-0.15, -0.1) is 0 Å². The van der Waals surface area contributed by atoms with Crippen molar-refractivity contribution in [2.75, 3.05) is 0 Å². The Morgan fingerprint density at radius 2 is 1.25 bits per heavy atom. The van der Waals surface area contributed by atoms with Crippen LogP contribution in [0.5, 0.6) is 0 Å². The molecule has 0 aromatic carbocycles. The second-order valence-electron chi connectivity index (χ2n) is 5.48. The summed E-state index contributed by atoms with van der Waals surface area (Å²) in [5, 5.41) is 0. The van der Waals surface area contributed by atoms with Crippen LogP contribution >= 0.6 is 0 Å². The molecule has 2 atom stereocenters. The average molecular weight is 228 g/mol. The van der Waals surface area contributed by atoms with Gasteiger partial charge < -0.3 is 22.9 Å². The molecular formula is C12H28N4. The lowest BCUT2D eigenvalue weighted by molar-refractivity contribution is 0.306. The minimum Gasteiger partial charge on any atom is -0.328 e. The van der Waals surface area contributed by atoms with E-state index >= 15 is 0 Å². The molecule has 0 amide bonds. The van der Waals surface area contributed by atoms with Crippen LogP contribution in [0, 0.1) is 0 Å². The Morgan fingerprint density at radius 3 is 1.50 bits per heavy atom. The van der Waals surface area contributed by atoms with E-state index in [2.05, 4.69) is 0 Å². The normalized spacial score (nSPS) is 33.8. The van der Waals surface area contributed by atoms with Crippen LogP contribution in [-0.4, -0.2) is 17.7 Å². The minimum absolute atomic E-state index is 0.321. The van der Waals surface area contributed by atoms with Crippen LogP contribution in [-0.2, 0) is 0 Å². The molecule has 0 spiro atoms. The Kier molecular flexibility index (Phi) is 5.69. The summed E-state index contributed by atoms with van der Waals surface area (Å²) in [5.41, 5.74) is 22.3. The lowest BCUT2D eigenvalue weighted by atomic mass is 9.91. The van der Waals surface area contributed by atoms with Gasteiger partial charge >= 0.3 is 0 Å². The number of rotatable bonds is 0.